The summed E-state index contributed by atoms with van der Waals surface area (Å²) < 4.78 is 32.6. The van der Waals surface area contributed by atoms with Gasteiger partial charge in [-0.3, -0.25) is 9.59 Å². The van der Waals surface area contributed by atoms with Gasteiger partial charge in [0.1, 0.15) is 0 Å². The Kier molecular flexibility index (Phi) is 6.36. The first-order valence-corrected chi connectivity index (χ1v) is 11.4. The second kappa shape index (κ2) is 8.84. The van der Waals surface area contributed by atoms with Gasteiger partial charge in [-0.15, -0.1) is 11.3 Å². The van der Waals surface area contributed by atoms with Crippen LogP contribution in [0.1, 0.15) is 53.6 Å². The number of halogens is 2. The van der Waals surface area contributed by atoms with Crippen LogP contribution in [0.4, 0.5) is 8.78 Å². The van der Waals surface area contributed by atoms with Crippen LogP contribution in [-0.2, 0) is 27.3 Å². The molecule has 10 heteroatoms. The maximum atomic E-state index is 13.6. The third-order valence-electron chi connectivity index (χ3n) is 6.04. The van der Waals surface area contributed by atoms with E-state index >= 15 is 0 Å². The molecule has 7 nitrogen and oxygen atoms in total. The number of hydrogen-bond donors (Lipinski definition) is 1. The van der Waals surface area contributed by atoms with Crippen LogP contribution in [-0.4, -0.2) is 71.4 Å². The molecule has 2 saturated heterocycles. The fourth-order valence-corrected chi connectivity index (χ4v) is 5.54. The molecule has 1 aromatic rings. The Morgan fingerprint density at radius 2 is 2.10 bits per heavy atom. The lowest BCUT2D eigenvalue weighted by atomic mass is 10.0. The van der Waals surface area contributed by atoms with Gasteiger partial charge < -0.3 is 20.3 Å². The number of piperidine rings is 1. The summed E-state index contributed by atoms with van der Waals surface area (Å²) in [5, 5.41) is 1.14. The Morgan fingerprint density at radius 1 is 1.33 bits per heavy atom. The summed E-state index contributed by atoms with van der Waals surface area (Å²) in [5.74, 6) is -2.89. The number of nitrogens with two attached hydrogens (primary N) is 1. The Balaban J connectivity index is 1.31. The Hall–Kier alpha value is -1.65. The lowest BCUT2D eigenvalue weighted by molar-refractivity contribution is -0.148. The maximum Gasteiger partial charge on any atom is 0.265 e. The van der Waals surface area contributed by atoms with Crippen LogP contribution in [0.25, 0.3) is 0 Å². The number of carbonyl (C=O) groups excluding carboxylic acids is 2. The number of hydrogen-bond acceptors (Lipinski definition) is 6. The van der Waals surface area contributed by atoms with E-state index in [9.17, 15) is 18.4 Å². The second-order valence-corrected chi connectivity index (χ2v) is 9.58. The highest BCUT2D eigenvalue weighted by Crippen LogP contribution is 2.34. The van der Waals surface area contributed by atoms with Crippen LogP contribution >= 0.6 is 11.3 Å². The minimum Gasteiger partial charge on any atom is -0.381 e. The van der Waals surface area contributed by atoms with Gasteiger partial charge in [-0.25, -0.2) is 13.8 Å². The summed E-state index contributed by atoms with van der Waals surface area (Å²) in [5.41, 5.74) is 7.01. The lowest BCUT2D eigenvalue weighted by Crippen LogP contribution is -2.51. The van der Waals surface area contributed by atoms with Gasteiger partial charge in [0.05, 0.1) is 23.8 Å². The number of ether oxygens (including phenoxy) is 1. The van der Waals surface area contributed by atoms with Gasteiger partial charge in [0, 0.05) is 68.8 Å². The van der Waals surface area contributed by atoms with E-state index in [4.69, 9.17) is 15.5 Å². The molecule has 166 valence electrons. The molecule has 2 N–H and O–H groups in total. The monoisotopic (exact) mass is 442 g/mol. The van der Waals surface area contributed by atoms with Crippen molar-refractivity contribution < 1.29 is 23.1 Å². The average Bonchev–Trinajstić information content (AvgIpc) is 3.14. The van der Waals surface area contributed by atoms with Crippen molar-refractivity contribution in [1.29, 1.82) is 0 Å². The zero-order valence-corrected chi connectivity index (χ0v) is 17.8. The van der Waals surface area contributed by atoms with E-state index in [2.05, 4.69) is 0 Å². The molecule has 4 rings (SSSR count). The summed E-state index contributed by atoms with van der Waals surface area (Å²) >= 11 is 1.75. The summed E-state index contributed by atoms with van der Waals surface area (Å²) in [4.78, 5) is 33.5. The summed E-state index contributed by atoms with van der Waals surface area (Å²) in [6.07, 6.45) is 2.17. The number of fused-ring (bicyclic) bond motifs is 1. The fraction of sp³-hybridized carbons (Fsp3) is 0.750. The molecule has 0 unspecified atom stereocenters. The fourth-order valence-electron chi connectivity index (χ4n) is 4.31. The zero-order valence-electron chi connectivity index (χ0n) is 16.9. The molecule has 3 aliphatic heterocycles. The van der Waals surface area contributed by atoms with E-state index in [1.807, 2.05) is 0 Å². The maximum absolute atomic E-state index is 13.6. The molecule has 0 spiro atoms. The quantitative estimate of drug-likeness (QED) is 0.753. The van der Waals surface area contributed by atoms with Crippen LogP contribution in [0, 0.1) is 0 Å². The van der Waals surface area contributed by atoms with E-state index in [1.54, 1.807) is 16.2 Å². The second-order valence-electron chi connectivity index (χ2n) is 8.47. The van der Waals surface area contributed by atoms with Crippen LogP contribution in [0.15, 0.2) is 0 Å². The Bertz CT molecular complexity index is 797. The largest absolute Gasteiger partial charge is 0.381 e. The first kappa shape index (κ1) is 21.6. The number of likely N-dealkylation sites (tertiary alicyclic amines) is 1. The normalized spacial score (nSPS) is 23.4. The standard InChI is InChI=1S/C20H28F2N4O3S/c21-20(22)5-1-17(27)26(12-20)10-14(23)9-18(28)25-6-2-16-15(11-25)24-19(30-16)13-3-7-29-8-4-13/h13-14H,1-12,23H2/t14-/m0/s1. The molecular weight excluding hydrogens is 414 g/mol. The predicted octanol–water partition coefficient (Wildman–Crippen LogP) is 1.90. The minimum atomic E-state index is -2.88. The van der Waals surface area contributed by atoms with Crippen LogP contribution in [0.3, 0.4) is 0 Å². The number of rotatable bonds is 5. The van der Waals surface area contributed by atoms with Gasteiger partial charge in [-0.2, -0.15) is 0 Å². The average molecular weight is 443 g/mol. The number of carbonyl (C=O) groups is 2. The van der Waals surface area contributed by atoms with Crippen molar-refractivity contribution in [3.63, 3.8) is 0 Å². The minimum absolute atomic E-state index is 0.0240. The van der Waals surface area contributed by atoms with Gasteiger partial charge in [-0.05, 0) is 12.8 Å². The molecule has 3 aliphatic rings. The molecule has 2 amide bonds. The smallest absolute Gasteiger partial charge is 0.265 e. The Morgan fingerprint density at radius 3 is 2.87 bits per heavy atom. The first-order valence-electron chi connectivity index (χ1n) is 10.6. The van der Waals surface area contributed by atoms with Crippen LogP contribution in [0.5, 0.6) is 0 Å². The molecule has 0 aromatic carbocycles. The van der Waals surface area contributed by atoms with Crippen LogP contribution < -0.4 is 5.73 Å². The van der Waals surface area contributed by atoms with Crippen LogP contribution in [0.2, 0.25) is 0 Å². The van der Waals surface area contributed by atoms with Crippen molar-refractivity contribution in [2.45, 2.75) is 63.0 Å². The molecule has 1 atom stereocenters. The molecule has 1 aromatic heterocycles. The number of nitrogens with zero attached hydrogens (tertiary/aromatic N) is 3. The van der Waals surface area contributed by atoms with Gasteiger partial charge >= 0.3 is 0 Å². The lowest BCUT2D eigenvalue weighted by Gasteiger charge is -2.34. The third-order valence-corrected chi connectivity index (χ3v) is 7.36. The van der Waals surface area contributed by atoms with Crippen molar-refractivity contribution >= 4 is 23.2 Å². The Labute approximate surface area is 178 Å². The summed E-state index contributed by atoms with van der Waals surface area (Å²) in [7, 11) is 0. The highest BCUT2D eigenvalue weighted by molar-refractivity contribution is 7.11. The summed E-state index contributed by atoms with van der Waals surface area (Å²) in [6, 6.07) is -0.662. The van der Waals surface area contributed by atoms with Crippen molar-refractivity contribution in [3.8, 4) is 0 Å². The number of alkyl halides is 2. The van der Waals surface area contributed by atoms with Gasteiger partial charge in [0.15, 0.2) is 0 Å². The van der Waals surface area contributed by atoms with E-state index in [1.165, 1.54) is 4.88 Å². The highest BCUT2D eigenvalue weighted by Gasteiger charge is 2.39. The van der Waals surface area contributed by atoms with E-state index in [0.717, 1.165) is 48.1 Å². The molecule has 4 heterocycles. The topological polar surface area (TPSA) is 88.8 Å². The van der Waals surface area contributed by atoms with Gasteiger partial charge in [0.2, 0.25) is 11.8 Å². The molecule has 0 saturated carbocycles. The number of thiazole rings is 1. The zero-order chi connectivity index (χ0) is 21.3. The number of amides is 2. The van der Waals surface area contributed by atoms with Gasteiger partial charge in [-0.1, -0.05) is 0 Å². The molecule has 30 heavy (non-hydrogen) atoms. The molecule has 0 bridgehead atoms. The number of aromatic nitrogens is 1. The van der Waals surface area contributed by atoms with E-state index < -0.39 is 24.9 Å². The summed E-state index contributed by atoms with van der Waals surface area (Å²) in [6.45, 7) is 1.96. The van der Waals surface area contributed by atoms with Crippen molar-refractivity contribution in [2.75, 3.05) is 32.8 Å². The third kappa shape index (κ3) is 4.97. The molecule has 0 aliphatic carbocycles. The van der Waals surface area contributed by atoms with E-state index in [0.29, 0.717) is 19.0 Å². The predicted molar refractivity (Wildman–Crippen MR) is 107 cm³/mol. The SMILES string of the molecule is N[C@@H](CC(=O)N1CCc2sc(C3CCOCC3)nc2C1)CN1CC(F)(F)CCC1=O. The molecule has 2 fully saturated rings. The highest BCUT2D eigenvalue weighted by atomic mass is 32.1. The van der Waals surface area contributed by atoms with Gasteiger partial charge in [0.25, 0.3) is 5.92 Å². The molecule has 0 radical (unpaired) electrons. The van der Waals surface area contributed by atoms with Crippen molar-refractivity contribution in [1.82, 2.24) is 14.8 Å². The van der Waals surface area contributed by atoms with Crippen molar-refractivity contribution in [3.05, 3.63) is 15.6 Å². The first-order chi connectivity index (χ1) is 14.3. The van der Waals surface area contributed by atoms with E-state index in [-0.39, 0.29) is 31.2 Å². The van der Waals surface area contributed by atoms with Crippen molar-refractivity contribution in [2.24, 2.45) is 5.73 Å². The molecular formula is C20H28F2N4O3S.